The fraction of sp³-hybridized carbons (Fsp3) is 0.600. The van der Waals surface area contributed by atoms with Crippen molar-refractivity contribution in [1.82, 2.24) is 4.90 Å². The lowest BCUT2D eigenvalue weighted by atomic mass is 9.94. The first-order chi connectivity index (χ1) is 9.70. The first kappa shape index (κ1) is 13.9. The van der Waals surface area contributed by atoms with E-state index in [4.69, 9.17) is 9.47 Å². The number of aliphatic hydroxyl groups excluding tert-OH is 1. The molecule has 2 aliphatic rings. The fourth-order valence-electron chi connectivity index (χ4n) is 3.01. The van der Waals surface area contributed by atoms with E-state index in [1.807, 2.05) is 0 Å². The molecule has 2 unspecified atom stereocenters. The SMILES string of the molecule is OC(CN1CCOCC12CCOC2)c1ccc(F)cc1. The van der Waals surface area contributed by atoms with Crippen molar-refractivity contribution in [3.05, 3.63) is 35.6 Å². The van der Waals surface area contributed by atoms with Crippen molar-refractivity contribution in [3.8, 4) is 0 Å². The van der Waals surface area contributed by atoms with Crippen molar-refractivity contribution >= 4 is 0 Å². The molecule has 5 heteroatoms. The standard InChI is InChI=1S/C15H20FNO3/c16-13-3-1-12(2-4-13)14(18)9-17-6-8-20-11-15(17)5-7-19-10-15/h1-4,14,18H,5-11H2. The van der Waals surface area contributed by atoms with Crippen LogP contribution in [0.15, 0.2) is 24.3 Å². The number of hydrogen-bond acceptors (Lipinski definition) is 4. The topological polar surface area (TPSA) is 41.9 Å². The minimum Gasteiger partial charge on any atom is -0.387 e. The zero-order valence-electron chi connectivity index (χ0n) is 11.4. The molecule has 2 saturated heterocycles. The third-order valence-electron chi connectivity index (χ3n) is 4.28. The maximum atomic E-state index is 12.9. The molecule has 4 nitrogen and oxygen atoms in total. The molecular formula is C15H20FNO3. The van der Waals surface area contributed by atoms with Gasteiger partial charge in [0.25, 0.3) is 0 Å². The van der Waals surface area contributed by atoms with Gasteiger partial charge in [0.1, 0.15) is 5.82 Å². The molecule has 2 atom stereocenters. The Balaban J connectivity index is 1.70. The second-order valence-electron chi connectivity index (χ2n) is 5.59. The summed E-state index contributed by atoms with van der Waals surface area (Å²) in [5.41, 5.74) is 0.645. The Kier molecular flexibility index (Phi) is 4.03. The summed E-state index contributed by atoms with van der Waals surface area (Å²) in [7, 11) is 0. The molecule has 1 aromatic rings. The molecule has 110 valence electrons. The molecule has 3 rings (SSSR count). The maximum Gasteiger partial charge on any atom is 0.123 e. The molecule has 0 aliphatic carbocycles. The molecule has 1 spiro atoms. The van der Waals surface area contributed by atoms with Crippen molar-refractivity contribution in [3.63, 3.8) is 0 Å². The molecule has 0 saturated carbocycles. The van der Waals surface area contributed by atoms with Crippen molar-refractivity contribution in [2.45, 2.75) is 18.1 Å². The fourth-order valence-corrected chi connectivity index (χ4v) is 3.01. The van der Waals surface area contributed by atoms with Crippen LogP contribution >= 0.6 is 0 Å². The largest absolute Gasteiger partial charge is 0.387 e. The molecule has 20 heavy (non-hydrogen) atoms. The van der Waals surface area contributed by atoms with Gasteiger partial charge in [-0.1, -0.05) is 12.1 Å². The highest BCUT2D eigenvalue weighted by molar-refractivity contribution is 5.19. The normalized spacial score (nSPS) is 28.9. The van der Waals surface area contributed by atoms with Crippen molar-refractivity contribution in [1.29, 1.82) is 0 Å². The molecule has 2 aliphatic heterocycles. The van der Waals surface area contributed by atoms with E-state index in [2.05, 4.69) is 4.90 Å². The molecule has 0 radical (unpaired) electrons. The van der Waals surface area contributed by atoms with Gasteiger partial charge >= 0.3 is 0 Å². The van der Waals surface area contributed by atoms with Crippen LogP contribution in [-0.4, -0.2) is 55.1 Å². The summed E-state index contributed by atoms with van der Waals surface area (Å²) in [6, 6.07) is 6.04. The van der Waals surface area contributed by atoms with Gasteiger partial charge < -0.3 is 14.6 Å². The average Bonchev–Trinajstić information content (AvgIpc) is 2.91. The van der Waals surface area contributed by atoms with E-state index in [1.54, 1.807) is 12.1 Å². The third-order valence-corrected chi connectivity index (χ3v) is 4.28. The van der Waals surface area contributed by atoms with E-state index in [9.17, 15) is 9.50 Å². The molecule has 0 aromatic heterocycles. The van der Waals surface area contributed by atoms with E-state index in [0.717, 1.165) is 25.1 Å². The molecular weight excluding hydrogens is 261 g/mol. The summed E-state index contributed by atoms with van der Waals surface area (Å²) in [4.78, 5) is 2.26. The number of halogens is 1. The Morgan fingerprint density at radius 2 is 1.90 bits per heavy atom. The number of nitrogens with zero attached hydrogens (tertiary/aromatic N) is 1. The van der Waals surface area contributed by atoms with Crippen LogP contribution in [0.1, 0.15) is 18.1 Å². The summed E-state index contributed by atoms with van der Waals surface area (Å²) in [5, 5.41) is 10.4. The first-order valence-corrected chi connectivity index (χ1v) is 7.04. The summed E-state index contributed by atoms with van der Waals surface area (Å²) in [6.45, 7) is 4.05. The second-order valence-corrected chi connectivity index (χ2v) is 5.59. The number of hydrogen-bond donors (Lipinski definition) is 1. The van der Waals surface area contributed by atoms with Gasteiger partial charge in [0.05, 0.1) is 31.5 Å². The van der Waals surface area contributed by atoms with Crippen LogP contribution in [-0.2, 0) is 9.47 Å². The van der Waals surface area contributed by atoms with Crippen LogP contribution in [0.2, 0.25) is 0 Å². The number of rotatable bonds is 3. The number of aliphatic hydroxyl groups is 1. The zero-order valence-corrected chi connectivity index (χ0v) is 11.4. The minimum atomic E-state index is -0.619. The highest BCUT2D eigenvalue weighted by Gasteiger charge is 2.43. The predicted octanol–water partition coefficient (Wildman–Crippen LogP) is 1.35. The van der Waals surface area contributed by atoms with Gasteiger partial charge in [-0.25, -0.2) is 4.39 Å². The van der Waals surface area contributed by atoms with Crippen LogP contribution in [0.5, 0.6) is 0 Å². The molecule has 2 heterocycles. The number of β-amino-alcohol motifs (C(OH)–C–C–N with tert-alkyl or cyclic N) is 1. The van der Waals surface area contributed by atoms with Gasteiger partial charge in [0, 0.05) is 19.7 Å². The van der Waals surface area contributed by atoms with Crippen molar-refractivity contribution in [2.75, 3.05) is 39.5 Å². The smallest absolute Gasteiger partial charge is 0.123 e. The van der Waals surface area contributed by atoms with Gasteiger partial charge in [-0.15, -0.1) is 0 Å². The van der Waals surface area contributed by atoms with Gasteiger partial charge in [-0.05, 0) is 24.1 Å². The van der Waals surface area contributed by atoms with Crippen LogP contribution < -0.4 is 0 Å². The van der Waals surface area contributed by atoms with Gasteiger partial charge in [-0.3, -0.25) is 4.90 Å². The Labute approximate surface area is 118 Å². The van der Waals surface area contributed by atoms with Gasteiger partial charge in [-0.2, -0.15) is 0 Å². The zero-order chi connectivity index (χ0) is 14.0. The van der Waals surface area contributed by atoms with E-state index in [0.29, 0.717) is 26.4 Å². The monoisotopic (exact) mass is 281 g/mol. The Morgan fingerprint density at radius 1 is 1.20 bits per heavy atom. The molecule has 1 N–H and O–H groups in total. The summed E-state index contributed by atoms with van der Waals surface area (Å²) in [6.07, 6.45) is 0.314. The lowest BCUT2D eigenvalue weighted by molar-refractivity contribution is -0.0845. The van der Waals surface area contributed by atoms with Gasteiger partial charge in [0.2, 0.25) is 0 Å². The molecule has 1 aromatic carbocycles. The molecule has 0 amide bonds. The van der Waals surface area contributed by atoms with Crippen LogP contribution in [0, 0.1) is 5.82 Å². The third kappa shape index (κ3) is 2.72. The summed E-state index contributed by atoms with van der Waals surface area (Å²) >= 11 is 0. The number of ether oxygens (including phenoxy) is 2. The average molecular weight is 281 g/mol. The second kappa shape index (κ2) is 5.77. The molecule has 0 bridgehead atoms. The van der Waals surface area contributed by atoms with Crippen LogP contribution in [0.3, 0.4) is 0 Å². The minimum absolute atomic E-state index is 0.0980. The highest BCUT2D eigenvalue weighted by atomic mass is 19.1. The lowest BCUT2D eigenvalue weighted by Crippen LogP contribution is -2.58. The summed E-state index contributed by atoms with van der Waals surface area (Å²) in [5.74, 6) is -0.284. The van der Waals surface area contributed by atoms with E-state index < -0.39 is 6.10 Å². The van der Waals surface area contributed by atoms with Crippen LogP contribution in [0.4, 0.5) is 4.39 Å². The van der Waals surface area contributed by atoms with Crippen molar-refractivity contribution < 1.29 is 19.0 Å². The van der Waals surface area contributed by atoms with E-state index >= 15 is 0 Å². The van der Waals surface area contributed by atoms with E-state index in [-0.39, 0.29) is 11.4 Å². The predicted molar refractivity (Wildman–Crippen MR) is 71.9 cm³/mol. The quantitative estimate of drug-likeness (QED) is 0.908. The Hall–Kier alpha value is -1.01. The Bertz CT molecular complexity index is 445. The molecule has 2 fully saturated rings. The van der Waals surface area contributed by atoms with Gasteiger partial charge in [0.15, 0.2) is 0 Å². The summed E-state index contributed by atoms with van der Waals surface area (Å²) < 4.78 is 24.0. The Morgan fingerprint density at radius 3 is 2.60 bits per heavy atom. The highest BCUT2D eigenvalue weighted by Crippen LogP contribution is 2.31. The first-order valence-electron chi connectivity index (χ1n) is 7.04. The maximum absolute atomic E-state index is 12.9. The number of morpholine rings is 1. The van der Waals surface area contributed by atoms with E-state index in [1.165, 1.54) is 12.1 Å². The van der Waals surface area contributed by atoms with Crippen molar-refractivity contribution in [2.24, 2.45) is 0 Å². The number of benzene rings is 1. The van der Waals surface area contributed by atoms with Crippen LogP contribution in [0.25, 0.3) is 0 Å². The lowest BCUT2D eigenvalue weighted by Gasteiger charge is -2.44.